The van der Waals surface area contributed by atoms with E-state index >= 15 is 0 Å². The van der Waals surface area contributed by atoms with Crippen molar-refractivity contribution in [3.8, 4) is 0 Å². The molecule has 1 aliphatic rings. The zero-order valence-electron chi connectivity index (χ0n) is 10.4. The summed E-state index contributed by atoms with van der Waals surface area (Å²) in [6.45, 7) is 1.99. The highest BCUT2D eigenvalue weighted by atomic mass is 16.5. The number of amides is 1. The Balaban J connectivity index is 1.88. The predicted molar refractivity (Wildman–Crippen MR) is 67.4 cm³/mol. The van der Waals surface area contributed by atoms with Crippen LogP contribution in [0.25, 0.3) is 0 Å². The van der Waals surface area contributed by atoms with E-state index in [1.807, 2.05) is 6.07 Å². The van der Waals surface area contributed by atoms with Crippen LogP contribution in [0, 0.1) is 0 Å². The lowest BCUT2D eigenvalue weighted by Gasteiger charge is -2.19. The topological polar surface area (TPSA) is 83.0 Å². The van der Waals surface area contributed by atoms with Crippen LogP contribution in [0.2, 0.25) is 0 Å². The van der Waals surface area contributed by atoms with Crippen molar-refractivity contribution in [2.24, 2.45) is 5.73 Å². The summed E-state index contributed by atoms with van der Waals surface area (Å²) in [5, 5.41) is 7.65. The van der Waals surface area contributed by atoms with Gasteiger partial charge in [0.05, 0.1) is 26.0 Å². The van der Waals surface area contributed by atoms with Crippen LogP contribution in [-0.4, -0.2) is 27.5 Å². The summed E-state index contributed by atoms with van der Waals surface area (Å²) in [6.07, 6.45) is 2.48. The molecule has 2 aromatic rings. The number of benzene rings is 1. The summed E-state index contributed by atoms with van der Waals surface area (Å²) in [6, 6.07) is 6.15. The fourth-order valence-corrected chi connectivity index (χ4v) is 2.31. The molecule has 2 N–H and O–H groups in total. The third-order valence-electron chi connectivity index (χ3n) is 3.25. The van der Waals surface area contributed by atoms with Gasteiger partial charge in [0, 0.05) is 0 Å². The van der Waals surface area contributed by atoms with Gasteiger partial charge in [-0.1, -0.05) is 23.4 Å². The van der Waals surface area contributed by atoms with Crippen LogP contribution in [0.3, 0.4) is 0 Å². The van der Waals surface area contributed by atoms with Gasteiger partial charge in [-0.15, -0.1) is 5.10 Å². The van der Waals surface area contributed by atoms with Crippen LogP contribution in [0.5, 0.6) is 0 Å². The molecule has 3 rings (SSSR count). The van der Waals surface area contributed by atoms with Gasteiger partial charge in [-0.3, -0.25) is 4.79 Å². The van der Waals surface area contributed by atoms with Crippen molar-refractivity contribution in [2.75, 3.05) is 6.61 Å². The highest BCUT2D eigenvalue weighted by Gasteiger charge is 2.14. The third-order valence-corrected chi connectivity index (χ3v) is 3.25. The van der Waals surface area contributed by atoms with Gasteiger partial charge in [-0.2, -0.15) is 0 Å². The first-order valence-electron chi connectivity index (χ1n) is 6.11. The van der Waals surface area contributed by atoms with Crippen molar-refractivity contribution in [3.63, 3.8) is 0 Å². The van der Waals surface area contributed by atoms with Crippen LogP contribution < -0.4 is 5.73 Å². The van der Waals surface area contributed by atoms with Crippen molar-refractivity contribution in [1.29, 1.82) is 0 Å². The van der Waals surface area contributed by atoms with Crippen LogP contribution in [-0.2, 0) is 24.3 Å². The molecule has 0 radical (unpaired) electrons. The van der Waals surface area contributed by atoms with Gasteiger partial charge in [-0.25, -0.2) is 4.68 Å². The van der Waals surface area contributed by atoms with E-state index in [0.29, 0.717) is 13.2 Å². The van der Waals surface area contributed by atoms with Crippen LogP contribution >= 0.6 is 0 Å². The third kappa shape index (κ3) is 2.34. The Morgan fingerprint density at radius 2 is 2.37 bits per heavy atom. The maximum absolute atomic E-state index is 11.0. The molecule has 98 valence electrons. The van der Waals surface area contributed by atoms with E-state index in [2.05, 4.69) is 22.4 Å². The van der Waals surface area contributed by atoms with E-state index in [0.717, 1.165) is 13.0 Å². The van der Waals surface area contributed by atoms with Gasteiger partial charge in [0.15, 0.2) is 5.69 Å². The average Bonchev–Trinajstić information content (AvgIpc) is 2.88. The summed E-state index contributed by atoms with van der Waals surface area (Å²) in [5.74, 6) is -0.560. The van der Waals surface area contributed by atoms with Gasteiger partial charge >= 0.3 is 0 Å². The number of hydrogen-bond acceptors (Lipinski definition) is 4. The Kier molecular flexibility index (Phi) is 3.00. The fourth-order valence-electron chi connectivity index (χ4n) is 2.31. The number of primary amides is 1. The van der Waals surface area contributed by atoms with Gasteiger partial charge in [-0.05, 0) is 23.1 Å². The minimum absolute atomic E-state index is 0.188. The molecule has 6 heteroatoms. The lowest BCUT2D eigenvalue weighted by atomic mass is 9.97. The molecule has 1 aromatic heterocycles. The number of ether oxygens (including phenoxy) is 1. The molecule has 6 nitrogen and oxygen atoms in total. The lowest BCUT2D eigenvalue weighted by molar-refractivity contribution is 0.0995. The molecule has 1 aliphatic heterocycles. The summed E-state index contributed by atoms with van der Waals surface area (Å²) in [5.41, 5.74) is 9.06. The molecular formula is C13H14N4O2. The fraction of sp³-hybridized carbons (Fsp3) is 0.308. The van der Waals surface area contributed by atoms with Crippen molar-refractivity contribution < 1.29 is 9.53 Å². The summed E-state index contributed by atoms with van der Waals surface area (Å²) < 4.78 is 7.07. The Hall–Kier alpha value is -2.21. The Labute approximate surface area is 110 Å². The SMILES string of the molecule is NC(=O)c1cn(Cc2cccc3c2CCOC3)nn1. The van der Waals surface area contributed by atoms with E-state index in [1.54, 1.807) is 10.9 Å². The molecule has 0 fully saturated rings. The number of fused-ring (bicyclic) bond motifs is 1. The van der Waals surface area contributed by atoms with Gasteiger partial charge in [0.1, 0.15) is 0 Å². The largest absolute Gasteiger partial charge is 0.376 e. The highest BCUT2D eigenvalue weighted by molar-refractivity contribution is 5.90. The maximum atomic E-state index is 11.0. The van der Waals surface area contributed by atoms with E-state index in [9.17, 15) is 4.79 Å². The molecule has 0 unspecified atom stereocenters. The van der Waals surface area contributed by atoms with E-state index in [4.69, 9.17) is 10.5 Å². The van der Waals surface area contributed by atoms with E-state index < -0.39 is 5.91 Å². The number of aromatic nitrogens is 3. The van der Waals surface area contributed by atoms with Gasteiger partial charge < -0.3 is 10.5 Å². The standard InChI is InChI=1S/C13H14N4O2/c14-13(18)12-7-17(16-15-12)6-9-2-1-3-10-8-19-5-4-11(9)10/h1-3,7H,4-6,8H2,(H2,14,18). The number of nitrogens with two attached hydrogens (primary N) is 1. The first kappa shape index (κ1) is 11.9. The maximum Gasteiger partial charge on any atom is 0.270 e. The number of carbonyl (C=O) groups excluding carboxylic acids is 1. The second kappa shape index (κ2) is 4.81. The molecular weight excluding hydrogens is 244 g/mol. The number of nitrogens with zero attached hydrogens (tertiary/aromatic N) is 3. The molecule has 0 saturated carbocycles. The average molecular weight is 258 g/mol. The smallest absolute Gasteiger partial charge is 0.270 e. The molecule has 1 amide bonds. The van der Waals surface area contributed by atoms with Crippen molar-refractivity contribution >= 4 is 5.91 Å². The molecule has 0 atom stereocenters. The number of rotatable bonds is 3. The van der Waals surface area contributed by atoms with E-state index in [-0.39, 0.29) is 5.69 Å². The summed E-state index contributed by atoms with van der Waals surface area (Å²) in [7, 11) is 0. The van der Waals surface area contributed by atoms with E-state index in [1.165, 1.54) is 16.7 Å². The van der Waals surface area contributed by atoms with Crippen LogP contribution in [0.15, 0.2) is 24.4 Å². The monoisotopic (exact) mass is 258 g/mol. The second-order valence-electron chi connectivity index (χ2n) is 4.52. The van der Waals surface area contributed by atoms with Gasteiger partial charge in [0.25, 0.3) is 5.91 Å². The summed E-state index contributed by atoms with van der Waals surface area (Å²) in [4.78, 5) is 11.0. The Bertz CT molecular complexity index is 621. The molecule has 19 heavy (non-hydrogen) atoms. The summed E-state index contributed by atoms with van der Waals surface area (Å²) >= 11 is 0. The zero-order valence-corrected chi connectivity index (χ0v) is 10.4. The molecule has 2 heterocycles. The zero-order chi connectivity index (χ0) is 13.2. The molecule has 0 saturated heterocycles. The molecule has 0 bridgehead atoms. The molecule has 1 aromatic carbocycles. The number of carbonyl (C=O) groups is 1. The normalized spacial score (nSPS) is 14.1. The second-order valence-corrected chi connectivity index (χ2v) is 4.52. The Morgan fingerprint density at radius 1 is 1.47 bits per heavy atom. The molecule has 0 aliphatic carbocycles. The van der Waals surface area contributed by atoms with Crippen molar-refractivity contribution in [3.05, 3.63) is 46.8 Å². The minimum Gasteiger partial charge on any atom is -0.376 e. The highest BCUT2D eigenvalue weighted by Crippen LogP contribution is 2.21. The first-order valence-corrected chi connectivity index (χ1v) is 6.11. The quantitative estimate of drug-likeness (QED) is 0.869. The van der Waals surface area contributed by atoms with Crippen LogP contribution in [0.4, 0.5) is 0 Å². The van der Waals surface area contributed by atoms with Crippen LogP contribution in [0.1, 0.15) is 27.2 Å². The number of hydrogen-bond donors (Lipinski definition) is 1. The Morgan fingerprint density at radius 3 is 3.16 bits per heavy atom. The first-order chi connectivity index (χ1) is 9.24. The predicted octanol–water partition coefficient (Wildman–Crippen LogP) is 0.498. The minimum atomic E-state index is -0.560. The van der Waals surface area contributed by atoms with Crippen molar-refractivity contribution in [2.45, 2.75) is 19.6 Å². The lowest BCUT2D eigenvalue weighted by Crippen LogP contribution is -2.14. The van der Waals surface area contributed by atoms with Crippen molar-refractivity contribution in [1.82, 2.24) is 15.0 Å². The molecule has 0 spiro atoms. The van der Waals surface area contributed by atoms with Gasteiger partial charge in [0.2, 0.25) is 0 Å².